The van der Waals surface area contributed by atoms with Crippen molar-refractivity contribution in [3.05, 3.63) is 35.8 Å². The average Bonchev–Trinajstić information content (AvgIpc) is 2.73. The minimum Gasteiger partial charge on any atom is -0.424 e. The third kappa shape index (κ3) is 3.58. The highest BCUT2D eigenvalue weighted by atomic mass is 16.4. The molecule has 0 saturated carbocycles. The molecule has 0 aliphatic carbocycles. The molecule has 112 valence electrons. The second-order valence-electron chi connectivity index (χ2n) is 5.49. The van der Waals surface area contributed by atoms with Gasteiger partial charge in [0, 0.05) is 50.7 Å². The Bertz CT molecular complexity index is 597. The van der Waals surface area contributed by atoms with Gasteiger partial charge in [-0.05, 0) is 25.5 Å². The Kier molecular flexibility index (Phi) is 4.15. The summed E-state index contributed by atoms with van der Waals surface area (Å²) in [6, 6.07) is 4.24. The lowest BCUT2D eigenvalue weighted by atomic mass is 10.3. The van der Waals surface area contributed by atoms with Gasteiger partial charge in [-0.3, -0.25) is 9.88 Å². The van der Waals surface area contributed by atoms with Gasteiger partial charge in [0.1, 0.15) is 0 Å². The van der Waals surface area contributed by atoms with Gasteiger partial charge in [0.05, 0.1) is 6.54 Å². The molecular formula is C15H21N5O. The first-order chi connectivity index (χ1) is 10.2. The highest BCUT2D eigenvalue weighted by molar-refractivity contribution is 5.46. The number of hydrogen-bond donors (Lipinski definition) is 0. The first-order valence-electron chi connectivity index (χ1n) is 7.39. The van der Waals surface area contributed by atoms with Crippen molar-refractivity contribution in [3.63, 3.8) is 0 Å². The Morgan fingerprint density at radius 2 is 2.05 bits per heavy atom. The minimum absolute atomic E-state index is 0.633. The quantitative estimate of drug-likeness (QED) is 0.858. The average molecular weight is 287 g/mol. The number of anilines is 1. The van der Waals surface area contributed by atoms with E-state index in [2.05, 4.69) is 37.1 Å². The maximum absolute atomic E-state index is 5.47. The van der Waals surface area contributed by atoms with Gasteiger partial charge in [-0.25, -0.2) is 0 Å². The summed E-state index contributed by atoms with van der Waals surface area (Å²) in [5.74, 6) is 1.34. The molecular weight excluding hydrogens is 266 g/mol. The molecule has 0 bridgehead atoms. The zero-order chi connectivity index (χ0) is 14.7. The normalized spacial score (nSPS) is 17.0. The molecule has 0 radical (unpaired) electrons. The summed E-state index contributed by atoms with van der Waals surface area (Å²) < 4.78 is 5.47. The monoisotopic (exact) mass is 287 g/mol. The van der Waals surface area contributed by atoms with Crippen LogP contribution in [0.15, 0.2) is 22.7 Å². The molecule has 2 aromatic heterocycles. The van der Waals surface area contributed by atoms with Crippen molar-refractivity contribution in [1.29, 1.82) is 0 Å². The van der Waals surface area contributed by atoms with Gasteiger partial charge in [0.2, 0.25) is 11.8 Å². The first kappa shape index (κ1) is 14.0. The van der Waals surface area contributed by atoms with E-state index in [9.17, 15) is 0 Å². The Morgan fingerprint density at radius 3 is 2.81 bits per heavy atom. The Balaban J connectivity index is 1.61. The van der Waals surface area contributed by atoms with E-state index in [4.69, 9.17) is 4.42 Å². The molecule has 0 aromatic carbocycles. The van der Waals surface area contributed by atoms with Crippen LogP contribution in [0.4, 0.5) is 5.69 Å². The van der Waals surface area contributed by atoms with Crippen molar-refractivity contribution in [1.82, 2.24) is 20.1 Å². The minimum atomic E-state index is 0.633. The third-order valence-corrected chi connectivity index (χ3v) is 3.76. The van der Waals surface area contributed by atoms with Crippen LogP contribution in [0.25, 0.3) is 0 Å². The SMILES string of the molecule is Cc1cc(N2CCCN(Cc3nnc(C)o3)CC2)ccn1. The molecule has 0 unspecified atom stereocenters. The van der Waals surface area contributed by atoms with E-state index >= 15 is 0 Å². The zero-order valence-electron chi connectivity index (χ0n) is 12.6. The zero-order valence-corrected chi connectivity index (χ0v) is 12.6. The summed E-state index contributed by atoms with van der Waals surface area (Å²) in [5.41, 5.74) is 2.33. The molecule has 0 atom stereocenters. The van der Waals surface area contributed by atoms with Crippen molar-refractivity contribution >= 4 is 5.69 Å². The fraction of sp³-hybridized carbons (Fsp3) is 0.533. The first-order valence-corrected chi connectivity index (χ1v) is 7.39. The van der Waals surface area contributed by atoms with Crippen LogP contribution in [0.1, 0.15) is 23.9 Å². The third-order valence-electron chi connectivity index (χ3n) is 3.76. The molecule has 3 rings (SSSR count). The number of hydrogen-bond acceptors (Lipinski definition) is 6. The lowest BCUT2D eigenvalue weighted by Gasteiger charge is -2.23. The van der Waals surface area contributed by atoms with Gasteiger partial charge in [0.25, 0.3) is 0 Å². The Morgan fingerprint density at radius 1 is 1.14 bits per heavy atom. The van der Waals surface area contributed by atoms with E-state index < -0.39 is 0 Å². The largest absolute Gasteiger partial charge is 0.424 e. The fourth-order valence-electron chi connectivity index (χ4n) is 2.71. The van der Waals surface area contributed by atoms with E-state index in [0.717, 1.165) is 44.8 Å². The van der Waals surface area contributed by atoms with Crippen LogP contribution in [0.3, 0.4) is 0 Å². The van der Waals surface area contributed by atoms with Crippen LogP contribution in [-0.2, 0) is 6.54 Å². The highest BCUT2D eigenvalue weighted by Crippen LogP contribution is 2.17. The molecule has 21 heavy (non-hydrogen) atoms. The molecule has 1 aliphatic heterocycles. The lowest BCUT2D eigenvalue weighted by molar-refractivity contribution is 0.253. The summed E-state index contributed by atoms with van der Waals surface area (Å²) in [6.07, 6.45) is 3.02. The molecule has 3 heterocycles. The molecule has 6 heteroatoms. The summed E-state index contributed by atoms with van der Waals surface area (Å²) in [6.45, 7) is 8.74. The second-order valence-corrected chi connectivity index (χ2v) is 5.49. The molecule has 1 fully saturated rings. The summed E-state index contributed by atoms with van der Waals surface area (Å²) in [7, 11) is 0. The molecule has 0 amide bonds. The molecule has 0 N–H and O–H groups in total. The summed E-state index contributed by atoms with van der Waals surface area (Å²) in [4.78, 5) is 9.07. The predicted octanol–water partition coefficient (Wildman–Crippen LogP) is 1.79. The van der Waals surface area contributed by atoms with Gasteiger partial charge in [0.15, 0.2) is 0 Å². The van der Waals surface area contributed by atoms with Crippen molar-refractivity contribution < 1.29 is 4.42 Å². The van der Waals surface area contributed by atoms with Crippen molar-refractivity contribution in [3.8, 4) is 0 Å². The van der Waals surface area contributed by atoms with E-state index in [1.165, 1.54) is 5.69 Å². The fourth-order valence-corrected chi connectivity index (χ4v) is 2.71. The van der Waals surface area contributed by atoms with Crippen LogP contribution in [-0.4, -0.2) is 46.3 Å². The smallest absolute Gasteiger partial charge is 0.230 e. The van der Waals surface area contributed by atoms with Crippen molar-refractivity contribution in [2.24, 2.45) is 0 Å². The van der Waals surface area contributed by atoms with E-state index in [-0.39, 0.29) is 0 Å². The van der Waals surface area contributed by atoms with Crippen LogP contribution >= 0.6 is 0 Å². The highest BCUT2D eigenvalue weighted by Gasteiger charge is 2.17. The van der Waals surface area contributed by atoms with Gasteiger partial charge in [-0.15, -0.1) is 10.2 Å². The van der Waals surface area contributed by atoms with Crippen molar-refractivity contribution in [2.75, 3.05) is 31.1 Å². The van der Waals surface area contributed by atoms with Crippen molar-refractivity contribution in [2.45, 2.75) is 26.8 Å². The van der Waals surface area contributed by atoms with Crippen LogP contribution in [0.2, 0.25) is 0 Å². The number of nitrogens with zero attached hydrogens (tertiary/aromatic N) is 5. The Labute approximate surface area is 124 Å². The Hall–Kier alpha value is -1.95. The maximum atomic E-state index is 5.47. The second kappa shape index (κ2) is 6.22. The number of aryl methyl sites for hydroxylation is 2. The van der Waals surface area contributed by atoms with Gasteiger partial charge in [-0.1, -0.05) is 0 Å². The summed E-state index contributed by atoms with van der Waals surface area (Å²) >= 11 is 0. The van der Waals surface area contributed by atoms with Gasteiger partial charge in [-0.2, -0.15) is 0 Å². The topological polar surface area (TPSA) is 58.3 Å². The van der Waals surface area contributed by atoms with E-state index in [1.54, 1.807) is 0 Å². The van der Waals surface area contributed by atoms with Gasteiger partial charge < -0.3 is 9.32 Å². The molecule has 1 aliphatic rings. The summed E-state index contributed by atoms with van der Waals surface area (Å²) in [5, 5.41) is 7.97. The molecule has 1 saturated heterocycles. The van der Waals surface area contributed by atoms with E-state index in [1.807, 2.05) is 20.0 Å². The number of aromatic nitrogens is 3. The van der Waals surface area contributed by atoms with Crippen LogP contribution in [0.5, 0.6) is 0 Å². The molecule has 6 nitrogen and oxygen atoms in total. The standard InChI is InChI=1S/C15H21N5O/c1-12-10-14(4-5-16-12)20-7-3-6-19(8-9-20)11-15-18-17-13(2)21-15/h4-5,10H,3,6-9,11H2,1-2H3. The number of rotatable bonds is 3. The maximum Gasteiger partial charge on any atom is 0.230 e. The molecule has 0 spiro atoms. The van der Waals surface area contributed by atoms with E-state index in [0.29, 0.717) is 11.8 Å². The van der Waals surface area contributed by atoms with Crippen LogP contribution < -0.4 is 4.90 Å². The predicted molar refractivity (Wildman–Crippen MR) is 80.1 cm³/mol. The molecule has 2 aromatic rings. The van der Waals surface area contributed by atoms with Crippen LogP contribution in [0, 0.1) is 13.8 Å². The lowest BCUT2D eigenvalue weighted by Crippen LogP contribution is -2.30. The van der Waals surface area contributed by atoms with Gasteiger partial charge >= 0.3 is 0 Å². The number of pyridine rings is 1.